The van der Waals surface area contributed by atoms with Crippen LogP contribution in [0.1, 0.15) is 116 Å². The number of rotatable bonds is 41. The summed E-state index contributed by atoms with van der Waals surface area (Å²) in [6.07, 6.45) is 13.4. The molecule has 4 N–H and O–H groups in total. The number of carbonyl (C=O) groups excluding carboxylic acids is 3. The van der Waals surface area contributed by atoms with Gasteiger partial charge in [0.15, 0.2) is 0 Å². The summed E-state index contributed by atoms with van der Waals surface area (Å²) in [5.74, 6) is -2.40. The van der Waals surface area contributed by atoms with E-state index in [2.05, 4.69) is 10.6 Å². The maximum atomic E-state index is 12.3. The monoisotopic (exact) mass is 748 g/mol. The predicted molar refractivity (Wildman–Crippen MR) is 194 cm³/mol. The van der Waals surface area contributed by atoms with Crippen LogP contribution >= 0.6 is 0 Å². The molecule has 0 aliphatic carbocycles. The third kappa shape index (κ3) is 38.5. The van der Waals surface area contributed by atoms with Gasteiger partial charge in [0, 0.05) is 32.2 Å². The van der Waals surface area contributed by atoms with Crippen LogP contribution in [0.2, 0.25) is 0 Å². The number of unbranched alkanes of at least 4 members (excludes halogenated alkanes) is 11. The molecule has 1 atom stereocenters. The second-order valence-electron chi connectivity index (χ2n) is 12.6. The lowest BCUT2D eigenvalue weighted by Crippen LogP contribution is -2.41. The quantitative estimate of drug-likeness (QED) is 0.0652. The summed E-state index contributed by atoms with van der Waals surface area (Å²) < 4.78 is 32.3. The minimum Gasteiger partial charge on any atom is -0.481 e. The molecule has 15 nitrogen and oxygen atoms in total. The van der Waals surface area contributed by atoms with E-state index in [1.54, 1.807) is 0 Å². The smallest absolute Gasteiger partial charge is 0.326 e. The van der Waals surface area contributed by atoms with Crippen LogP contribution in [0, 0.1) is 0 Å². The molecule has 304 valence electrons. The summed E-state index contributed by atoms with van der Waals surface area (Å²) >= 11 is 0. The summed E-state index contributed by atoms with van der Waals surface area (Å²) in [6.45, 7) is 6.80. The van der Waals surface area contributed by atoms with Gasteiger partial charge in [0.2, 0.25) is 11.8 Å². The first-order valence-corrected chi connectivity index (χ1v) is 19.2. The first kappa shape index (κ1) is 49.3. The summed E-state index contributed by atoms with van der Waals surface area (Å²) in [5, 5.41) is 23.3. The highest BCUT2D eigenvalue weighted by molar-refractivity contribution is 5.84. The molecule has 0 aromatic carbocycles. The number of aliphatic carboxylic acids is 2. The van der Waals surface area contributed by atoms with Gasteiger partial charge >= 0.3 is 11.9 Å². The van der Waals surface area contributed by atoms with Crippen molar-refractivity contribution in [1.29, 1.82) is 0 Å². The second-order valence-corrected chi connectivity index (χ2v) is 12.6. The Bertz CT molecular complexity index is 907. The molecule has 15 heteroatoms. The lowest BCUT2D eigenvalue weighted by molar-refractivity contribution is -0.142. The Balaban J connectivity index is 3.55. The van der Waals surface area contributed by atoms with Crippen molar-refractivity contribution >= 4 is 29.5 Å². The first-order valence-electron chi connectivity index (χ1n) is 19.2. The predicted octanol–water partition coefficient (Wildman–Crippen LogP) is 4.08. The van der Waals surface area contributed by atoms with E-state index in [-0.39, 0.29) is 56.4 Å². The van der Waals surface area contributed by atoms with Crippen molar-refractivity contribution in [3.8, 4) is 0 Å². The average Bonchev–Trinajstić information content (AvgIpc) is 3.10. The van der Waals surface area contributed by atoms with Crippen LogP contribution in [-0.2, 0) is 52.4 Å². The van der Waals surface area contributed by atoms with E-state index in [1.165, 1.54) is 26.2 Å². The zero-order valence-corrected chi connectivity index (χ0v) is 31.7. The zero-order valence-electron chi connectivity index (χ0n) is 31.7. The molecule has 0 saturated carbocycles. The Morgan fingerprint density at radius 2 is 0.846 bits per heavy atom. The van der Waals surface area contributed by atoms with E-state index in [0.717, 1.165) is 51.4 Å². The number of ether oxygens (including phenoxy) is 6. The van der Waals surface area contributed by atoms with Gasteiger partial charge in [0.1, 0.15) is 11.8 Å². The average molecular weight is 749 g/mol. The van der Waals surface area contributed by atoms with Crippen molar-refractivity contribution in [2.24, 2.45) is 0 Å². The molecule has 0 fully saturated rings. The fraction of sp³-hybridized carbons (Fsp3) is 0.865. The summed E-state index contributed by atoms with van der Waals surface area (Å²) in [7, 11) is 0. The fourth-order valence-corrected chi connectivity index (χ4v) is 4.90. The van der Waals surface area contributed by atoms with Crippen molar-refractivity contribution in [3.63, 3.8) is 0 Å². The lowest BCUT2D eigenvalue weighted by Gasteiger charge is -2.14. The molecule has 0 aromatic heterocycles. The lowest BCUT2D eigenvalue weighted by atomic mass is 10.0. The van der Waals surface area contributed by atoms with Crippen molar-refractivity contribution in [2.45, 2.75) is 122 Å². The Hall–Kier alpha value is -2.69. The Labute approximate surface area is 310 Å². The normalized spacial score (nSPS) is 11.7. The first-order chi connectivity index (χ1) is 25.2. The molecular formula is C37H68N2O13. The van der Waals surface area contributed by atoms with Gasteiger partial charge in [0.05, 0.1) is 79.3 Å². The van der Waals surface area contributed by atoms with Crippen LogP contribution in [0.15, 0.2) is 0 Å². The van der Waals surface area contributed by atoms with Crippen LogP contribution in [0.25, 0.3) is 0 Å². The molecule has 0 aliphatic heterocycles. The number of carbonyl (C=O) groups is 5. The number of carboxylic acid groups (broad SMARTS) is 2. The van der Waals surface area contributed by atoms with Gasteiger partial charge in [-0.3, -0.25) is 19.2 Å². The highest BCUT2D eigenvalue weighted by Crippen LogP contribution is 2.13. The van der Waals surface area contributed by atoms with E-state index < -0.39 is 18.0 Å². The molecule has 0 saturated heterocycles. The topological polar surface area (TPSA) is 205 Å². The number of amides is 2. The van der Waals surface area contributed by atoms with Gasteiger partial charge in [-0.25, -0.2) is 4.79 Å². The molecule has 0 unspecified atom stereocenters. The number of hydrogen-bond donors (Lipinski definition) is 4. The van der Waals surface area contributed by atoms with Gasteiger partial charge in [-0.1, -0.05) is 64.2 Å². The van der Waals surface area contributed by atoms with Crippen LogP contribution in [0.5, 0.6) is 0 Å². The molecule has 0 bridgehead atoms. The van der Waals surface area contributed by atoms with E-state index in [1.807, 2.05) is 0 Å². The molecule has 0 spiro atoms. The third-order valence-corrected chi connectivity index (χ3v) is 7.86. The third-order valence-electron chi connectivity index (χ3n) is 7.86. The van der Waals surface area contributed by atoms with Crippen molar-refractivity contribution in [1.82, 2.24) is 10.6 Å². The maximum Gasteiger partial charge on any atom is 0.326 e. The van der Waals surface area contributed by atoms with E-state index >= 15 is 0 Å². The van der Waals surface area contributed by atoms with Crippen LogP contribution < -0.4 is 10.6 Å². The molecule has 0 aliphatic rings. The van der Waals surface area contributed by atoms with E-state index in [9.17, 15) is 29.1 Å². The standard InChI is InChI=1S/C37H68N2O13/c1-32(40)18-20-47-22-24-49-26-28-51-30-31-52-29-27-50-25-23-48-21-19-38-34(41)17-16-33(37(45)46)39-35(42)14-12-10-8-6-4-2-3-5-7-9-11-13-15-36(43)44/h33H,2-31H2,1H3,(H,38,41)(H,39,42)(H,43,44)(H,45,46)/t33-/m0/s1. The summed E-state index contributed by atoms with van der Waals surface area (Å²) in [4.78, 5) is 57.3. The molecule has 0 heterocycles. The number of hydrogen-bond acceptors (Lipinski definition) is 11. The van der Waals surface area contributed by atoms with Crippen LogP contribution in [0.4, 0.5) is 0 Å². The van der Waals surface area contributed by atoms with Gasteiger partial charge in [-0.15, -0.1) is 0 Å². The second kappa shape index (κ2) is 38.0. The van der Waals surface area contributed by atoms with Gasteiger partial charge < -0.3 is 49.3 Å². The Morgan fingerprint density at radius 3 is 1.25 bits per heavy atom. The van der Waals surface area contributed by atoms with Crippen LogP contribution in [-0.4, -0.2) is 132 Å². The molecule has 0 radical (unpaired) electrons. The number of nitrogens with one attached hydrogen (secondary N) is 2. The Morgan fingerprint density at radius 1 is 0.462 bits per heavy atom. The minimum absolute atomic E-state index is 0.00711. The molecule has 52 heavy (non-hydrogen) atoms. The van der Waals surface area contributed by atoms with E-state index in [4.69, 9.17) is 33.5 Å². The van der Waals surface area contributed by atoms with Crippen LogP contribution in [0.3, 0.4) is 0 Å². The largest absolute Gasteiger partial charge is 0.481 e. The molecule has 0 aromatic rings. The zero-order chi connectivity index (χ0) is 38.3. The number of carboxylic acids is 2. The molecule has 0 rings (SSSR count). The SMILES string of the molecule is CC(=O)CCOCCOCCOCCOCCOCCOCCNC(=O)CC[C@H](NC(=O)CCCCCCCCCCCCCCC(=O)O)C(=O)O. The highest BCUT2D eigenvalue weighted by atomic mass is 16.6. The van der Waals surface area contributed by atoms with Crippen molar-refractivity contribution < 1.29 is 62.6 Å². The van der Waals surface area contributed by atoms with Gasteiger partial charge in [-0.2, -0.15) is 0 Å². The van der Waals surface area contributed by atoms with Gasteiger partial charge in [-0.05, 0) is 26.2 Å². The van der Waals surface area contributed by atoms with Crippen molar-refractivity contribution in [2.75, 3.05) is 85.8 Å². The minimum atomic E-state index is -1.16. The summed E-state index contributed by atoms with van der Waals surface area (Å²) in [5.41, 5.74) is 0. The number of Topliss-reactive ketones (excluding diaryl/α,β-unsaturated/α-hetero) is 1. The van der Waals surface area contributed by atoms with E-state index in [0.29, 0.717) is 85.5 Å². The Kier molecular flexibility index (Phi) is 36.1. The molecule has 2 amide bonds. The summed E-state index contributed by atoms with van der Waals surface area (Å²) in [6, 6.07) is -1.11. The fourth-order valence-electron chi connectivity index (χ4n) is 4.90. The number of ketones is 1. The van der Waals surface area contributed by atoms with Gasteiger partial charge in [0.25, 0.3) is 0 Å². The maximum absolute atomic E-state index is 12.3. The highest BCUT2D eigenvalue weighted by Gasteiger charge is 2.20. The van der Waals surface area contributed by atoms with Crippen molar-refractivity contribution in [3.05, 3.63) is 0 Å². The molecular weight excluding hydrogens is 680 g/mol.